The summed E-state index contributed by atoms with van der Waals surface area (Å²) >= 11 is 0. The van der Waals surface area contributed by atoms with Crippen LogP contribution in [0, 0.1) is 0 Å². The predicted octanol–water partition coefficient (Wildman–Crippen LogP) is 15.6. The maximum Gasteiger partial charge on any atom is 0.133 e. The predicted molar refractivity (Wildman–Crippen MR) is 267 cm³/mol. The van der Waals surface area contributed by atoms with Crippen molar-refractivity contribution in [2.45, 2.75) is 24.2 Å². The second-order valence-corrected chi connectivity index (χ2v) is 17.6. The van der Waals surface area contributed by atoms with Crippen LogP contribution in [-0.4, -0.2) is 4.57 Å². The number of aromatic nitrogens is 1. The van der Waals surface area contributed by atoms with Crippen LogP contribution in [-0.2, 0) is 11.8 Å². The van der Waals surface area contributed by atoms with Crippen molar-refractivity contribution < 1.29 is 4.74 Å². The zero-order valence-corrected chi connectivity index (χ0v) is 35.8. The van der Waals surface area contributed by atoms with E-state index in [4.69, 9.17) is 4.74 Å². The van der Waals surface area contributed by atoms with Crippen LogP contribution in [0.4, 0.5) is 11.4 Å². The number of fused-ring (bicyclic) bond motifs is 8. The second kappa shape index (κ2) is 15.0. The van der Waals surface area contributed by atoms with Gasteiger partial charge in [0.05, 0.1) is 16.4 Å². The molecule has 0 radical (unpaired) electrons. The molecule has 1 aromatic heterocycles. The van der Waals surface area contributed by atoms with Crippen LogP contribution in [0.2, 0.25) is 0 Å². The van der Waals surface area contributed by atoms with Gasteiger partial charge in [0.25, 0.3) is 0 Å². The van der Waals surface area contributed by atoms with Gasteiger partial charge in [0, 0.05) is 51.9 Å². The molecule has 2 aliphatic carbocycles. The molecule has 3 heteroatoms. The summed E-state index contributed by atoms with van der Waals surface area (Å²) in [6, 6.07) is 80.0. The molecule has 3 aliphatic rings. The fourth-order valence-corrected chi connectivity index (χ4v) is 11.1. The third-order valence-electron chi connectivity index (χ3n) is 14.1. The quantitative estimate of drug-likeness (QED) is 0.159. The minimum absolute atomic E-state index is 0.227. The van der Waals surface area contributed by atoms with E-state index in [0.717, 1.165) is 41.4 Å². The molecule has 65 heavy (non-hydrogen) atoms. The lowest BCUT2D eigenvalue weighted by Crippen LogP contribution is -2.29. The third-order valence-corrected chi connectivity index (χ3v) is 14.1. The first-order valence-electron chi connectivity index (χ1n) is 22.7. The van der Waals surface area contributed by atoms with E-state index in [1.807, 2.05) is 0 Å². The summed E-state index contributed by atoms with van der Waals surface area (Å²) in [5.74, 6) is 2.06. The number of rotatable bonds is 7. The maximum absolute atomic E-state index is 6.66. The molecule has 13 rings (SSSR count). The van der Waals surface area contributed by atoms with Gasteiger partial charge in [-0.1, -0.05) is 170 Å². The van der Waals surface area contributed by atoms with Crippen molar-refractivity contribution in [3.8, 4) is 28.3 Å². The average Bonchev–Trinajstić information content (AvgIpc) is 3.87. The monoisotopic (exact) mass is 832 g/mol. The molecule has 2 heterocycles. The molecule has 0 saturated carbocycles. The van der Waals surface area contributed by atoms with Crippen molar-refractivity contribution >= 4 is 33.2 Å². The summed E-state index contributed by atoms with van der Waals surface area (Å²) in [5.41, 5.74) is 17.8. The molecular formula is C62H44N2O. The smallest absolute Gasteiger partial charge is 0.133 e. The van der Waals surface area contributed by atoms with Crippen LogP contribution < -0.4 is 9.64 Å². The molecule has 3 nitrogen and oxygen atoms in total. The van der Waals surface area contributed by atoms with E-state index in [0.29, 0.717) is 0 Å². The minimum Gasteiger partial charge on any atom is -0.457 e. The molecular weight excluding hydrogens is 789 g/mol. The summed E-state index contributed by atoms with van der Waals surface area (Å²) in [4.78, 5) is 2.44. The normalized spacial score (nSPS) is 15.4. The molecule has 0 spiro atoms. The van der Waals surface area contributed by atoms with E-state index in [1.165, 1.54) is 77.6 Å². The molecule has 10 aromatic rings. The first kappa shape index (κ1) is 37.4. The Hall–Kier alpha value is -8.14. The summed E-state index contributed by atoms with van der Waals surface area (Å²) in [5, 5.41) is 2.55. The van der Waals surface area contributed by atoms with Crippen molar-refractivity contribution in [2.24, 2.45) is 0 Å². The van der Waals surface area contributed by atoms with E-state index < -0.39 is 5.41 Å². The first-order valence-corrected chi connectivity index (χ1v) is 22.7. The first-order chi connectivity index (χ1) is 32.2. The highest BCUT2D eigenvalue weighted by atomic mass is 16.5. The molecule has 1 aliphatic heterocycles. The van der Waals surface area contributed by atoms with Gasteiger partial charge in [-0.2, -0.15) is 0 Å². The average molecular weight is 833 g/mol. The molecule has 0 N–H and O–H groups in total. The van der Waals surface area contributed by atoms with Crippen molar-refractivity contribution in [1.29, 1.82) is 0 Å². The standard InChI is InChI=1S/C62H44N2O/c1-4-17-46(18-5-1)62(47-19-6-2-7-20-47)56-25-13-11-23-52(56)53-36-35-50(40-57(53)62)63(51-34-30-45-38-44-16-10-15-27-60(44)65-61(45)41-51)49-32-28-42(29-33-49)43-31-37-59-55(39-43)54-24-12-14-26-58(54)64(59)48-21-8-3-9-22-48/h1-28,30-37,39-42H,29,38H2. The fraction of sp³-hybridized carbons (Fsp3) is 0.0645. The number of allylic oxidation sites excluding steroid dienone is 3. The van der Waals surface area contributed by atoms with Crippen LogP contribution in [0.3, 0.4) is 0 Å². The molecule has 0 bridgehead atoms. The van der Waals surface area contributed by atoms with Gasteiger partial charge >= 0.3 is 0 Å². The van der Waals surface area contributed by atoms with Gasteiger partial charge < -0.3 is 14.2 Å². The van der Waals surface area contributed by atoms with E-state index in [9.17, 15) is 0 Å². The van der Waals surface area contributed by atoms with Crippen molar-refractivity contribution in [3.63, 3.8) is 0 Å². The van der Waals surface area contributed by atoms with Crippen LogP contribution in [0.25, 0.3) is 38.6 Å². The third kappa shape index (κ3) is 5.89. The molecule has 0 fully saturated rings. The van der Waals surface area contributed by atoms with Crippen LogP contribution in [0.15, 0.2) is 242 Å². The number of anilines is 2. The SMILES string of the molecule is C1=CC(c2ccc3c(c2)c2ccccc2n3-c2ccccc2)CC=C1N(c1ccc2c(c1)Oc1ccccc1C2)c1ccc2c(c1)C(c1ccccc1)(c1ccccc1)c1ccccc1-2. The molecule has 308 valence electrons. The van der Waals surface area contributed by atoms with Gasteiger partial charge in [-0.25, -0.2) is 0 Å². The Balaban J connectivity index is 0.946. The molecule has 0 saturated heterocycles. The summed E-state index contributed by atoms with van der Waals surface area (Å²) in [7, 11) is 0. The lowest BCUT2D eigenvalue weighted by Gasteiger charge is -2.35. The molecule has 1 unspecified atom stereocenters. The van der Waals surface area contributed by atoms with Crippen molar-refractivity contribution in [3.05, 3.63) is 281 Å². The maximum atomic E-state index is 6.66. The van der Waals surface area contributed by atoms with Gasteiger partial charge in [0.1, 0.15) is 11.5 Å². The topological polar surface area (TPSA) is 17.4 Å². The zero-order chi connectivity index (χ0) is 42.9. The largest absolute Gasteiger partial charge is 0.457 e. The Morgan fingerprint density at radius 2 is 1.14 bits per heavy atom. The Labute approximate surface area is 379 Å². The van der Waals surface area contributed by atoms with E-state index in [-0.39, 0.29) is 5.92 Å². The number of ether oxygens (including phenoxy) is 1. The van der Waals surface area contributed by atoms with Gasteiger partial charge in [0.2, 0.25) is 0 Å². The number of benzene rings is 9. The zero-order valence-electron chi connectivity index (χ0n) is 35.8. The Bertz CT molecular complexity index is 3490. The molecule has 9 aromatic carbocycles. The van der Waals surface area contributed by atoms with E-state index >= 15 is 0 Å². The highest BCUT2D eigenvalue weighted by molar-refractivity contribution is 6.09. The van der Waals surface area contributed by atoms with Crippen LogP contribution in [0.1, 0.15) is 51.3 Å². The Morgan fingerprint density at radius 3 is 1.94 bits per heavy atom. The lowest BCUT2D eigenvalue weighted by molar-refractivity contribution is 0.460. The van der Waals surface area contributed by atoms with Crippen molar-refractivity contribution in [1.82, 2.24) is 4.57 Å². The van der Waals surface area contributed by atoms with Gasteiger partial charge in [-0.3, -0.25) is 0 Å². The summed E-state index contributed by atoms with van der Waals surface area (Å²) in [6.45, 7) is 0. The van der Waals surface area contributed by atoms with Crippen LogP contribution >= 0.6 is 0 Å². The van der Waals surface area contributed by atoms with Gasteiger partial charge in [-0.05, 0) is 117 Å². The second-order valence-electron chi connectivity index (χ2n) is 17.6. The van der Waals surface area contributed by atoms with Gasteiger partial charge in [0.15, 0.2) is 0 Å². The molecule has 1 atom stereocenters. The molecule has 0 amide bonds. The Morgan fingerprint density at radius 1 is 0.492 bits per heavy atom. The minimum atomic E-state index is -0.511. The summed E-state index contributed by atoms with van der Waals surface area (Å²) < 4.78 is 9.05. The van der Waals surface area contributed by atoms with Gasteiger partial charge in [-0.15, -0.1) is 0 Å². The fourth-order valence-electron chi connectivity index (χ4n) is 11.1. The van der Waals surface area contributed by atoms with Crippen molar-refractivity contribution in [2.75, 3.05) is 4.90 Å². The highest BCUT2D eigenvalue weighted by Crippen LogP contribution is 2.57. The number of para-hydroxylation sites is 3. The van der Waals surface area contributed by atoms with E-state index in [1.54, 1.807) is 0 Å². The number of nitrogens with zero attached hydrogens (tertiary/aromatic N) is 2. The number of hydrogen-bond donors (Lipinski definition) is 0. The Kier molecular flexibility index (Phi) is 8.64. The summed E-state index contributed by atoms with van der Waals surface area (Å²) in [6.07, 6.45) is 8.89. The van der Waals surface area contributed by atoms with E-state index in [2.05, 4.69) is 246 Å². The lowest BCUT2D eigenvalue weighted by atomic mass is 9.67. The number of hydrogen-bond acceptors (Lipinski definition) is 2. The highest BCUT2D eigenvalue weighted by Gasteiger charge is 2.46. The van der Waals surface area contributed by atoms with Crippen LogP contribution in [0.5, 0.6) is 11.5 Å².